The number of benzene rings is 1. The van der Waals surface area contributed by atoms with Crippen molar-refractivity contribution in [1.82, 2.24) is 15.5 Å². The summed E-state index contributed by atoms with van der Waals surface area (Å²) in [6, 6.07) is 2.77. The van der Waals surface area contributed by atoms with E-state index in [-0.39, 0.29) is 22.7 Å². The van der Waals surface area contributed by atoms with Gasteiger partial charge in [-0.25, -0.2) is 9.89 Å². The lowest BCUT2D eigenvalue weighted by Crippen LogP contribution is -2.32. The SMILES string of the molecule is CC(C)(C)OC(=O)NCc1n[nH]c(=O)c2c(O)cc(Cl)cc12. The van der Waals surface area contributed by atoms with Crippen molar-refractivity contribution in [3.8, 4) is 5.75 Å². The van der Waals surface area contributed by atoms with Crippen LogP contribution in [0.4, 0.5) is 4.79 Å². The van der Waals surface area contributed by atoms with Gasteiger partial charge in [0.2, 0.25) is 0 Å². The molecule has 0 unspecified atom stereocenters. The first kappa shape index (κ1) is 16.1. The fourth-order valence-corrected chi connectivity index (χ4v) is 2.11. The third kappa shape index (κ3) is 3.67. The van der Waals surface area contributed by atoms with Crippen molar-refractivity contribution in [3.63, 3.8) is 0 Å². The van der Waals surface area contributed by atoms with Gasteiger partial charge in [-0.15, -0.1) is 0 Å². The topological polar surface area (TPSA) is 104 Å². The van der Waals surface area contributed by atoms with E-state index < -0.39 is 17.3 Å². The normalized spacial score (nSPS) is 11.5. The van der Waals surface area contributed by atoms with Crippen molar-refractivity contribution in [1.29, 1.82) is 0 Å². The first-order valence-electron chi connectivity index (χ1n) is 6.54. The number of phenols is 1. The molecule has 0 atom stereocenters. The molecule has 1 heterocycles. The second kappa shape index (κ2) is 5.84. The van der Waals surface area contributed by atoms with E-state index in [9.17, 15) is 14.7 Å². The molecule has 0 spiro atoms. The summed E-state index contributed by atoms with van der Waals surface area (Å²) in [4.78, 5) is 23.4. The van der Waals surface area contributed by atoms with Gasteiger partial charge in [-0.2, -0.15) is 5.10 Å². The maximum atomic E-state index is 11.8. The predicted octanol–water partition coefficient (Wildman–Crippen LogP) is 2.31. The maximum absolute atomic E-state index is 11.8. The largest absolute Gasteiger partial charge is 0.507 e. The summed E-state index contributed by atoms with van der Waals surface area (Å²) >= 11 is 5.89. The Balaban J connectivity index is 2.31. The Hall–Kier alpha value is -2.28. The number of aromatic hydroxyl groups is 1. The molecular weight excluding hydrogens is 310 g/mol. The molecule has 7 nitrogen and oxygen atoms in total. The van der Waals surface area contributed by atoms with Crippen LogP contribution in [0.5, 0.6) is 5.75 Å². The van der Waals surface area contributed by atoms with Crippen LogP contribution in [0.2, 0.25) is 5.02 Å². The van der Waals surface area contributed by atoms with E-state index in [2.05, 4.69) is 15.5 Å². The number of halogens is 1. The van der Waals surface area contributed by atoms with Crippen molar-refractivity contribution in [3.05, 3.63) is 33.2 Å². The Morgan fingerprint density at radius 3 is 2.77 bits per heavy atom. The Morgan fingerprint density at radius 1 is 1.45 bits per heavy atom. The average molecular weight is 326 g/mol. The molecule has 3 N–H and O–H groups in total. The lowest BCUT2D eigenvalue weighted by molar-refractivity contribution is 0.0523. The highest BCUT2D eigenvalue weighted by molar-refractivity contribution is 6.31. The maximum Gasteiger partial charge on any atom is 0.407 e. The van der Waals surface area contributed by atoms with Gasteiger partial charge in [0.05, 0.1) is 17.6 Å². The molecule has 0 aliphatic carbocycles. The summed E-state index contributed by atoms with van der Waals surface area (Å²) in [5.41, 5.74) is -0.796. The molecule has 0 aliphatic heterocycles. The zero-order valence-corrected chi connectivity index (χ0v) is 13.1. The first-order chi connectivity index (χ1) is 10.2. The molecule has 0 fully saturated rings. The Kier molecular flexibility index (Phi) is 4.27. The van der Waals surface area contributed by atoms with Crippen molar-refractivity contribution >= 4 is 28.5 Å². The van der Waals surface area contributed by atoms with E-state index in [1.54, 1.807) is 20.8 Å². The number of rotatable bonds is 2. The van der Waals surface area contributed by atoms with Gasteiger partial charge >= 0.3 is 6.09 Å². The number of alkyl carbamates (subject to hydrolysis) is 1. The van der Waals surface area contributed by atoms with E-state index in [0.717, 1.165) is 0 Å². The minimum Gasteiger partial charge on any atom is -0.507 e. The molecule has 2 rings (SSSR count). The van der Waals surface area contributed by atoms with Crippen LogP contribution in [-0.2, 0) is 11.3 Å². The number of aromatic nitrogens is 2. The quantitative estimate of drug-likeness (QED) is 0.786. The lowest BCUT2D eigenvalue weighted by atomic mass is 10.1. The van der Waals surface area contributed by atoms with Crippen molar-refractivity contribution in [2.75, 3.05) is 0 Å². The van der Waals surface area contributed by atoms with Gasteiger partial charge in [-0.05, 0) is 32.9 Å². The summed E-state index contributed by atoms with van der Waals surface area (Å²) in [6.07, 6.45) is -0.611. The number of carbonyl (C=O) groups is 1. The fraction of sp³-hybridized carbons (Fsp3) is 0.357. The second-order valence-corrected chi connectivity index (χ2v) is 6.14. The number of fused-ring (bicyclic) bond motifs is 1. The van der Waals surface area contributed by atoms with Gasteiger partial charge in [-0.1, -0.05) is 11.6 Å². The zero-order valence-electron chi connectivity index (χ0n) is 12.4. The van der Waals surface area contributed by atoms with Crippen molar-refractivity contribution in [2.45, 2.75) is 32.9 Å². The molecule has 0 saturated heterocycles. The average Bonchev–Trinajstić information content (AvgIpc) is 2.35. The van der Waals surface area contributed by atoms with Crippen LogP contribution in [0.25, 0.3) is 10.8 Å². The van der Waals surface area contributed by atoms with Crippen molar-refractivity contribution in [2.24, 2.45) is 0 Å². The lowest BCUT2D eigenvalue weighted by Gasteiger charge is -2.19. The summed E-state index contributed by atoms with van der Waals surface area (Å²) < 4.78 is 5.12. The van der Waals surface area contributed by atoms with E-state index in [4.69, 9.17) is 16.3 Å². The van der Waals surface area contributed by atoms with Crippen LogP contribution in [0.15, 0.2) is 16.9 Å². The molecule has 8 heteroatoms. The molecule has 2 aromatic rings. The number of nitrogens with one attached hydrogen (secondary N) is 2. The van der Waals surface area contributed by atoms with Crippen LogP contribution in [-0.4, -0.2) is 27.0 Å². The number of nitrogens with zero attached hydrogens (tertiary/aromatic N) is 1. The van der Waals surface area contributed by atoms with Crippen LogP contribution in [0.1, 0.15) is 26.5 Å². The first-order valence-corrected chi connectivity index (χ1v) is 6.92. The third-order valence-corrected chi connectivity index (χ3v) is 2.93. The summed E-state index contributed by atoms with van der Waals surface area (Å²) in [6.45, 7) is 5.26. The number of hydrogen-bond acceptors (Lipinski definition) is 5. The van der Waals surface area contributed by atoms with E-state index in [1.165, 1.54) is 12.1 Å². The van der Waals surface area contributed by atoms with Crippen LogP contribution in [0, 0.1) is 0 Å². The molecule has 0 radical (unpaired) electrons. The number of H-pyrrole nitrogens is 1. The molecule has 1 amide bonds. The van der Waals surface area contributed by atoms with Crippen molar-refractivity contribution < 1.29 is 14.6 Å². The highest BCUT2D eigenvalue weighted by atomic mass is 35.5. The highest BCUT2D eigenvalue weighted by Gasteiger charge is 2.17. The van der Waals surface area contributed by atoms with Gasteiger partial charge in [0.15, 0.2) is 0 Å². The minimum absolute atomic E-state index is 0.0158. The summed E-state index contributed by atoms with van der Waals surface area (Å²) in [5, 5.41) is 19.2. The summed E-state index contributed by atoms with van der Waals surface area (Å²) in [7, 11) is 0. The smallest absolute Gasteiger partial charge is 0.407 e. The molecule has 22 heavy (non-hydrogen) atoms. The molecule has 0 bridgehead atoms. The highest BCUT2D eigenvalue weighted by Crippen LogP contribution is 2.27. The van der Waals surface area contributed by atoms with Gasteiger partial charge < -0.3 is 15.2 Å². The number of aromatic amines is 1. The molecule has 1 aromatic heterocycles. The number of hydrogen-bond donors (Lipinski definition) is 3. The third-order valence-electron chi connectivity index (χ3n) is 2.71. The van der Waals surface area contributed by atoms with Gasteiger partial charge in [0.25, 0.3) is 5.56 Å². The molecule has 0 saturated carbocycles. The Labute approximate surface area is 131 Å². The van der Waals surface area contributed by atoms with Gasteiger partial charge in [0, 0.05) is 10.4 Å². The second-order valence-electron chi connectivity index (χ2n) is 5.70. The minimum atomic E-state index is -0.619. The predicted molar refractivity (Wildman–Crippen MR) is 82.1 cm³/mol. The molecule has 0 aliphatic rings. The van der Waals surface area contributed by atoms with E-state index in [1.807, 2.05) is 0 Å². The standard InChI is InChI=1S/C14H16ClN3O4/c1-14(2,3)22-13(21)16-6-9-8-4-7(15)5-10(19)11(8)12(20)18-17-9/h4-5,19H,6H2,1-3H3,(H,16,21)(H,18,20). The van der Waals surface area contributed by atoms with E-state index >= 15 is 0 Å². The van der Waals surface area contributed by atoms with Crippen LogP contribution >= 0.6 is 11.6 Å². The molecule has 1 aromatic carbocycles. The zero-order chi connectivity index (χ0) is 16.5. The Bertz CT molecular complexity index is 780. The summed E-state index contributed by atoms with van der Waals surface area (Å²) in [5.74, 6) is -0.246. The number of phenolic OH excluding ortho intramolecular Hbond substituents is 1. The van der Waals surface area contributed by atoms with Gasteiger partial charge in [0.1, 0.15) is 11.4 Å². The van der Waals surface area contributed by atoms with Crippen LogP contribution < -0.4 is 10.9 Å². The number of amides is 1. The number of ether oxygens (including phenoxy) is 1. The number of carbonyl (C=O) groups excluding carboxylic acids is 1. The fourth-order valence-electron chi connectivity index (χ4n) is 1.90. The monoisotopic (exact) mass is 325 g/mol. The van der Waals surface area contributed by atoms with Gasteiger partial charge in [-0.3, -0.25) is 4.79 Å². The molecular formula is C14H16ClN3O4. The van der Waals surface area contributed by atoms with Crippen LogP contribution in [0.3, 0.4) is 0 Å². The molecule has 118 valence electrons. The Morgan fingerprint density at radius 2 is 2.14 bits per heavy atom. The van der Waals surface area contributed by atoms with E-state index in [0.29, 0.717) is 11.1 Å².